The van der Waals surface area contributed by atoms with E-state index in [0.29, 0.717) is 22.2 Å². The van der Waals surface area contributed by atoms with Crippen LogP contribution >= 0.6 is 12.2 Å². The second-order valence-corrected chi connectivity index (χ2v) is 11.5. The molecule has 2 aliphatic rings. The molecule has 8 heteroatoms. The molecule has 2 heterocycles. The molecular formula is C36H39N5O2S. The molecule has 0 aliphatic carbocycles. The summed E-state index contributed by atoms with van der Waals surface area (Å²) in [6.07, 6.45) is 0. The minimum atomic E-state index is -1.03. The summed E-state index contributed by atoms with van der Waals surface area (Å²) in [5, 5.41) is 5.29. The van der Waals surface area contributed by atoms with Crippen LogP contribution in [0.4, 0.5) is 17.1 Å². The maximum atomic E-state index is 14.4. The molecule has 6 rings (SSSR count). The second-order valence-electron chi connectivity index (χ2n) is 11.1. The zero-order valence-electron chi connectivity index (χ0n) is 26.0. The van der Waals surface area contributed by atoms with Crippen LogP contribution in [0, 0.1) is 6.92 Å². The molecule has 0 saturated carbocycles. The predicted molar refractivity (Wildman–Crippen MR) is 183 cm³/mol. The van der Waals surface area contributed by atoms with Crippen molar-refractivity contribution in [2.24, 2.45) is 0 Å². The quantitative estimate of drug-likeness (QED) is 0.203. The summed E-state index contributed by atoms with van der Waals surface area (Å²) in [6, 6.07) is 28.5. The van der Waals surface area contributed by atoms with Gasteiger partial charge < -0.3 is 19.9 Å². The summed E-state index contributed by atoms with van der Waals surface area (Å²) in [6.45, 7) is 14.1. The number of hydrogen-bond acceptors (Lipinski definition) is 5. The van der Waals surface area contributed by atoms with E-state index in [9.17, 15) is 4.79 Å². The van der Waals surface area contributed by atoms with Crippen LogP contribution in [-0.4, -0.2) is 42.2 Å². The molecule has 1 amide bonds. The average molecular weight is 606 g/mol. The van der Waals surface area contributed by atoms with Crippen LogP contribution in [0.3, 0.4) is 0 Å². The van der Waals surface area contributed by atoms with Gasteiger partial charge in [-0.2, -0.15) is 0 Å². The molecular weight excluding hydrogens is 566 g/mol. The molecule has 4 aromatic carbocycles. The fourth-order valence-corrected chi connectivity index (χ4v) is 6.77. The largest absolute Gasteiger partial charge is 0.456 e. The highest BCUT2D eigenvalue weighted by Gasteiger charge is 2.57. The molecule has 0 saturated heterocycles. The number of ether oxygens (including phenoxy) is 1. The number of hydrazine groups is 1. The van der Waals surface area contributed by atoms with Crippen LogP contribution in [0.1, 0.15) is 60.3 Å². The van der Waals surface area contributed by atoms with Crippen LogP contribution < -0.4 is 25.3 Å². The Morgan fingerprint density at radius 3 is 1.86 bits per heavy atom. The zero-order valence-corrected chi connectivity index (χ0v) is 26.8. The number of amides is 1. The molecule has 2 aliphatic heterocycles. The van der Waals surface area contributed by atoms with Crippen LogP contribution in [0.25, 0.3) is 0 Å². The minimum Gasteiger partial charge on any atom is -0.456 e. The lowest BCUT2D eigenvalue weighted by Gasteiger charge is -2.44. The van der Waals surface area contributed by atoms with E-state index in [1.165, 1.54) is 0 Å². The molecule has 2 N–H and O–H groups in total. The number of hydrogen-bond donors (Lipinski definition) is 2. The Kier molecular flexibility index (Phi) is 7.95. The molecule has 0 unspecified atom stereocenters. The van der Waals surface area contributed by atoms with Crippen molar-refractivity contribution in [3.8, 4) is 11.5 Å². The molecule has 0 atom stereocenters. The highest BCUT2D eigenvalue weighted by molar-refractivity contribution is 7.80. The summed E-state index contributed by atoms with van der Waals surface area (Å²) in [7, 11) is 0. The molecule has 1 spiro atoms. The molecule has 0 aromatic heterocycles. The van der Waals surface area contributed by atoms with E-state index in [0.717, 1.165) is 65.5 Å². The Balaban J connectivity index is 1.56. The van der Waals surface area contributed by atoms with Gasteiger partial charge in [-0.15, -0.1) is 0 Å². The summed E-state index contributed by atoms with van der Waals surface area (Å²) in [4.78, 5) is 19.0. The van der Waals surface area contributed by atoms with Gasteiger partial charge in [0, 0.05) is 77.6 Å². The number of aryl methyl sites for hydroxylation is 1. The fourth-order valence-electron chi connectivity index (χ4n) is 6.56. The van der Waals surface area contributed by atoms with Gasteiger partial charge in [-0.25, -0.2) is 5.01 Å². The summed E-state index contributed by atoms with van der Waals surface area (Å²) in [5.74, 6) is 1.27. The number of nitrogens with one attached hydrogen (secondary N) is 2. The SMILES string of the molecule is CCN(CC)c1ccc2c(c1)Oc1cc(N(CC)CC)ccc1C21c2ccccc2C(=O)N1NC(=S)Nc1ccc(C)cc1. The van der Waals surface area contributed by atoms with Crippen molar-refractivity contribution in [1.29, 1.82) is 0 Å². The van der Waals surface area contributed by atoms with Crippen LogP contribution in [0.15, 0.2) is 84.9 Å². The molecule has 0 bridgehead atoms. The van der Waals surface area contributed by atoms with Gasteiger partial charge >= 0.3 is 0 Å². The van der Waals surface area contributed by atoms with Crippen LogP contribution in [0.2, 0.25) is 0 Å². The summed E-state index contributed by atoms with van der Waals surface area (Å²) in [5.41, 5.74) is 9.69. The first kappa shape index (κ1) is 29.5. The van der Waals surface area contributed by atoms with Crippen molar-refractivity contribution in [1.82, 2.24) is 10.4 Å². The minimum absolute atomic E-state index is 0.159. The third kappa shape index (κ3) is 4.74. The molecule has 7 nitrogen and oxygen atoms in total. The Morgan fingerprint density at radius 2 is 1.32 bits per heavy atom. The standard InChI is InChI=1S/C36H39N5O2S/c1-6-39(7-2)26-18-20-30-32(22-26)43-33-23-27(40(8-3)9-4)19-21-31(33)36(30)29-13-11-10-12-28(29)34(42)41(36)38-35(44)37-25-16-14-24(5)15-17-25/h10-23H,6-9H2,1-5H3,(H2,37,38,44). The first-order valence-electron chi connectivity index (χ1n) is 15.4. The lowest BCUT2D eigenvalue weighted by molar-refractivity contribution is 0.0595. The predicted octanol–water partition coefficient (Wildman–Crippen LogP) is 7.44. The fraction of sp³-hybridized carbons (Fsp3) is 0.278. The number of fused-ring (bicyclic) bond motifs is 6. The van der Waals surface area contributed by atoms with Gasteiger partial charge in [-0.1, -0.05) is 48.0 Å². The third-order valence-electron chi connectivity index (χ3n) is 8.80. The number of thiocarbonyl (C=S) groups is 1. The van der Waals surface area contributed by atoms with E-state index >= 15 is 0 Å². The lowest BCUT2D eigenvalue weighted by atomic mass is 9.75. The van der Waals surface area contributed by atoms with Crippen LogP contribution in [0.5, 0.6) is 11.5 Å². The smallest absolute Gasteiger partial charge is 0.274 e. The number of benzene rings is 4. The Morgan fingerprint density at radius 1 is 0.773 bits per heavy atom. The number of anilines is 3. The van der Waals surface area contributed by atoms with Crippen LogP contribution in [-0.2, 0) is 5.54 Å². The van der Waals surface area contributed by atoms with Crippen molar-refractivity contribution in [3.05, 3.63) is 113 Å². The zero-order chi connectivity index (χ0) is 31.0. The first-order chi connectivity index (χ1) is 21.3. The second kappa shape index (κ2) is 11.8. The van der Waals surface area contributed by atoms with Gasteiger partial charge in [-0.3, -0.25) is 10.2 Å². The van der Waals surface area contributed by atoms with E-state index < -0.39 is 5.54 Å². The highest BCUT2D eigenvalue weighted by atomic mass is 32.1. The first-order valence-corrected chi connectivity index (χ1v) is 15.8. The summed E-state index contributed by atoms with van der Waals surface area (Å²) < 4.78 is 6.77. The number of carbonyl (C=O) groups is 1. The summed E-state index contributed by atoms with van der Waals surface area (Å²) >= 11 is 5.83. The van der Waals surface area contributed by atoms with E-state index in [-0.39, 0.29) is 5.91 Å². The number of rotatable bonds is 8. The van der Waals surface area contributed by atoms with E-state index in [2.05, 4.69) is 84.6 Å². The van der Waals surface area contributed by atoms with E-state index in [1.807, 2.05) is 55.5 Å². The molecule has 4 aromatic rings. The Hall–Kier alpha value is -4.56. The Labute approximate surface area is 265 Å². The average Bonchev–Trinajstić information content (AvgIpc) is 3.27. The van der Waals surface area contributed by atoms with Gasteiger partial charge in [0.2, 0.25) is 0 Å². The van der Waals surface area contributed by atoms with Crippen molar-refractivity contribution >= 4 is 40.3 Å². The van der Waals surface area contributed by atoms with Crippen molar-refractivity contribution in [2.45, 2.75) is 40.2 Å². The normalized spacial score (nSPS) is 13.9. The van der Waals surface area contributed by atoms with Crippen molar-refractivity contribution in [3.63, 3.8) is 0 Å². The maximum Gasteiger partial charge on any atom is 0.274 e. The van der Waals surface area contributed by atoms with Gasteiger partial charge in [0.05, 0.1) is 0 Å². The third-order valence-corrected chi connectivity index (χ3v) is 8.99. The molecule has 44 heavy (non-hydrogen) atoms. The molecule has 0 fully saturated rings. The van der Waals surface area contributed by atoms with Crippen molar-refractivity contribution < 1.29 is 9.53 Å². The van der Waals surface area contributed by atoms with Gasteiger partial charge in [-0.05, 0) is 77.2 Å². The maximum absolute atomic E-state index is 14.4. The van der Waals surface area contributed by atoms with Gasteiger partial charge in [0.1, 0.15) is 17.0 Å². The van der Waals surface area contributed by atoms with E-state index in [1.54, 1.807) is 5.01 Å². The number of nitrogens with zero attached hydrogens (tertiary/aromatic N) is 3. The molecule has 226 valence electrons. The molecule has 0 radical (unpaired) electrons. The monoisotopic (exact) mass is 605 g/mol. The lowest BCUT2D eigenvalue weighted by Crippen LogP contribution is -2.56. The highest BCUT2D eigenvalue weighted by Crippen LogP contribution is 2.57. The topological polar surface area (TPSA) is 60.1 Å². The van der Waals surface area contributed by atoms with Crippen molar-refractivity contribution in [2.75, 3.05) is 41.3 Å². The number of carbonyl (C=O) groups excluding carboxylic acids is 1. The van der Waals surface area contributed by atoms with Gasteiger partial charge in [0.25, 0.3) is 5.91 Å². The van der Waals surface area contributed by atoms with Gasteiger partial charge in [0.15, 0.2) is 5.11 Å². The van der Waals surface area contributed by atoms with E-state index in [4.69, 9.17) is 17.0 Å². The Bertz CT molecular complexity index is 1650.